The van der Waals surface area contributed by atoms with Crippen LogP contribution in [-0.4, -0.2) is 35.1 Å². The highest BCUT2D eigenvalue weighted by molar-refractivity contribution is 5.96. The van der Waals surface area contributed by atoms with Crippen LogP contribution in [0.2, 0.25) is 0 Å². The Labute approximate surface area is 115 Å². The summed E-state index contributed by atoms with van der Waals surface area (Å²) < 4.78 is 0. The van der Waals surface area contributed by atoms with Gasteiger partial charge in [0, 0.05) is 18.2 Å². The molecule has 0 spiro atoms. The molecule has 1 aromatic carbocycles. The van der Waals surface area contributed by atoms with Crippen LogP contribution in [0.15, 0.2) is 24.3 Å². The molecule has 0 aromatic heterocycles. The van der Waals surface area contributed by atoms with E-state index in [1.165, 1.54) is 0 Å². The zero-order valence-electron chi connectivity index (χ0n) is 12.0. The van der Waals surface area contributed by atoms with Gasteiger partial charge < -0.3 is 10.0 Å². The van der Waals surface area contributed by atoms with E-state index >= 15 is 0 Å². The molecule has 0 unspecified atom stereocenters. The van der Waals surface area contributed by atoms with Crippen molar-refractivity contribution in [3.05, 3.63) is 35.4 Å². The Morgan fingerprint density at radius 3 is 2.47 bits per heavy atom. The van der Waals surface area contributed by atoms with Crippen molar-refractivity contribution in [1.82, 2.24) is 4.90 Å². The Morgan fingerprint density at radius 2 is 1.95 bits per heavy atom. The van der Waals surface area contributed by atoms with Gasteiger partial charge in [-0.2, -0.15) is 0 Å². The van der Waals surface area contributed by atoms with E-state index in [-0.39, 0.29) is 17.9 Å². The van der Waals surface area contributed by atoms with Gasteiger partial charge in [0.25, 0.3) is 5.91 Å². The maximum Gasteiger partial charge on any atom is 0.254 e. The van der Waals surface area contributed by atoms with Crippen molar-refractivity contribution in [2.24, 2.45) is 0 Å². The third-order valence-corrected chi connectivity index (χ3v) is 3.55. The van der Waals surface area contributed by atoms with Crippen molar-refractivity contribution in [2.45, 2.75) is 45.1 Å². The number of nitrogens with zero attached hydrogens (tertiary/aromatic N) is 1. The highest BCUT2D eigenvalue weighted by atomic mass is 16.3. The Hall–Kier alpha value is -1.35. The zero-order chi connectivity index (χ0) is 14.0. The van der Waals surface area contributed by atoms with Crippen molar-refractivity contribution < 1.29 is 9.90 Å². The zero-order valence-corrected chi connectivity index (χ0v) is 12.0. The fourth-order valence-corrected chi connectivity index (χ4v) is 2.42. The number of carbonyl (C=O) groups is 1. The Kier molecular flexibility index (Phi) is 3.95. The summed E-state index contributed by atoms with van der Waals surface area (Å²) in [5, 5.41) is 9.14. The smallest absolute Gasteiger partial charge is 0.254 e. The average molecular weight is 261 g/mol. The van der Waals surface area contributed by atoms with Gasteiger partial charge in [-0.25, -0.2) is 0 Å². The topological polar surface area (TPSA) is 40.5 Å². The van der Waals surface area contributed by atoms with Crippen molar-refractivity contribution >= 4 is 5.91 Å². The van der Waals surface area contributed by atoms with E-state index < -0.39 is 0 Å². The molecule has 19 heavy (non-hydrogen) atoms. The van der Waals surface area contributed by atoms with Gasteiger partial charge in [-0.15, -0.1) is 0 Å². The minimum atomic E-state index is -0.0549. The lowest BCUT2D eigenvalue weighted by Crippen LogP contribution is -2.36. The molecule has 3 heteroatoms. The predicted octanol–water partition coefficient (Wildman–Crippen LogP) is 2.58. The number of hydrogen-bond donors (Lipinski definition) is 1. The molecule has 1 aliphatic carbocycles. The fourth-order valence-electron chi connectivity index (χ4n) is 2.42. The van der Waals surface area contributed by atoms with E-state index in [1.54, 1.807) is 0 Å². The highest BCUT2D eigenvalue weighted by Gasteiger charge is 2.34. The first-order valence-corrected chi connectivity index (χ1v) is 6.96. The minimum Gasteiger partial charge on any atom is -0.395 e. The number of amides is 1. The number of carbonyl (C=O) groups excluding carboxylic acids is 1. The van der Waals surface area contributed by atoms with Crippen LogP contribution in [0.1, 0.15) is 49.5 Å². The lowest BCUT2D eigenvalue weighted by molar-refractivity contribution is 0.0705. The summed E-state index contributed by atoms with van der Waals surface area (Å²) >= 11 is 0. The summed E-state index contributed by atoms with van der Waals surface area (Å²) in [7, 11) is 0. The van der Waals surface area contributed by atoms with Crippen LogP contribution in [-0.2, 0) is 5.41 Å². The van der Waals surface area contributed by atoms with E-state index in [0.717, 1.165) is 24.0 Å². The summed E-state index contributed by atoms with van der Waals surface area (Å²) in [4.78, 5) is 14.5. The van der Waals surface area contributed by atoms with Crippen molar-refractivity contribution in [1.29, 1.82) is 0 Å². The molecular weight excluding hydrogens is 238 g/mol. The first-order valence-electron chi connectivity index (χ1n) is 6.96. The van der Waals surface area contributed by atoms with E-state index in [4.69, 9.17) is 5.11 Å². The molecule has 0 saturated heterocycles. The molecule has 0 heterocycles. The van der Waals surface area contributed by atoms with Crippen LogP contribution in [0, 0.1) is 0 Å². The van der Waals surface area contributed by atoms with Crippen LogP contribution in [0.4, 0.5) is 0 Å². The molecule has 1 N–H and O–H groups in total. The molecule has 1 amide bonds. The van der Waals surface area contributed by atoms with Gasteiger partial charge in [-0.3, -0.25) is 4.79 Å². The molecule has 1 aliphatic rings. The van der Waals surface area contributed by atoms with Gasteiger partial charge in [0.15, 0.2) is 0 Å². The van der Waals surface area contributed by atoms with Gasteiger partial charge in [-0.05, 0) is 29.9 Å². The molecule has 3 nitrogen and oxygen atoms in total. The lowest BCUT2D eigenvalue weighted by Gasteiger charge is -2.27. The van der Waals surface area contributed by atoms with Crippen LogP contribution >= 0.6 is 0 Å². The number of benzene rings is 1. The molecule has 0 bridgehead atoms. The largest absolute Gasteiger partial charge is 0.395 e. The summed E-state index contributed by atoms with van der Waals surface area (Å²) in [6.45, 7) is 6.81. The molecule has 0 aliphatic heterocycles. The fraction of sp³-hybridized carbons (Fsp3) is 0.562. The van der Waals surface area contributed by atoms with E-state index in [9.17, 15) is 4.79 Å². The second-order valence-corrected chi connectivity index (χ2v) is 6.25. The van der Waals surface area contributed by atoms with Crippen LogP contribution < -0.4 is 0 Å². The molecule has 0 radical (unpaired) electrons. The maximum absolute atomic E-state index is 12.7. The Balaban J connectivity index is 2.32. The van der Waals surface area contributed by atoms with Crippen molar-refractivity contribution in [2.75, 3.05) is 13.2 Å². The second kappa shape index (κ2) is 5.33. The molecule has 2 rings (SSSR count). The van der Waals surface area contributed by atoms with Gasteiger partial charge in [0.2, 0.25) is 0 Å². The lowest BCUT2D eigenvalue weighted by atomic mass is 9.83. The summed E-state index contributed by atoms with van der Waals surface area (Å²) in [5.41, 5.74) is 1.79. The van der Waals surface area contributed by atoms with Crippen LogP contribution in [0.3, 0.4) is 0 Å². The average Bonchev–Trinajstić information content (AvgIpc) is 3.18. The number of hydrogen-bond acceptors (Lipinski definition) is 2. The molecule has 1 aromatic rings. The summed E-state index contributed by atoms with van der Waals surface area (Å²) in [5.74, 6) is 0.0575. The molecule has 104 valence electrons. The first-order chi connectivity index (χ1) is 8.95. The first kappa shape index (κ1) is 14.1. The number of aliphatic hydroxyl groups is 1. The normalized spacial score (nSPS) is 15.4. The van der Waals surface area contributed by atoms with Crippen molar-refractivity contribution in [3.8, 4) is 0 Å². The molecule has 0 atom stereocenters. The maximum atomic E-state index is 12.7. The SMILES string of the molecule is CC(C)(C)c1ccccc1C(=O)N(CCO)C1CC1. The third-order valence-electron chi connectivity index (χ3n) is 3.55. The standard InChI is InChI=1S/C16H23NO2/c1-16(2,3)14-7-5-4-6-13(14)15(19)17(10-11-18)12-8-9-12/h4-7,12,18H,8-11H2,1-3H3. The monoisotopic (exact) mass is 261 g/mol. The molecule has 1 saturated carbocycles. The predicted molar refractivity (Wildman–Crippen MR) is 76.3 cm³/mol. The van der Waals surface area contributed by atoms with E-state index in [1.807, 2.05) is 29.2 Å². The summed E-state index contributed by atoms with van der Waals surface area (Å²) in [6.07, 6.45) is 2.12. The van der Waals surface area contributed by atoms with Gasteiger partial charge in [0.1, 0.15) is 0 Å². The Bertz CT molecular complexity index is 458. The highest BCUT2D eigenvalue weighted by Crippen LogP contribution is 2.31. The molecular formula is C16H23NO2. The van der Waals surface area contributed by atoms with E-state index in [2.05, 4.69) is 20.8 Å². The Morgan fingerprint density at radius 1 is 1.32 bits per heavy atom. The van der Waals surface area contributed by atoms with Gasteiger partial charge in [0.05, 0.1) is 6.61 Å². The summed E-state index contributed by atoms with van der Waals surface area (Å²) in [6, 6.07) is 8.14. The third kappa shape index (κ3) is 3.16. The van der Waals surface area contributed by atoms with Gasteiger partial charge in [-0.1, -0.05) is 39.0 Å². The second-order valence-electron chi connectivity index (χ2n) is 6.25. The minimum absolute atomic E-state index is 0.0277. The van der Waals surface area contributed by atoms with Crippen LogP contribution in [0.5, 0.6) is 0 Å². The quantitative estimate of drug-likeness (QED) is 0.905. The van der Waals surface area contributed by atoms with E-state index in [0.29, 0.717) is 12.6 Å². The number of aliphatic hydroxyl groups excluding tert-OH is 1. The molecule has 1 fully saturated rings. The number of rotatable bonds is 4. The van der Waals surface area contributed by atoms with Crippen molar-refractivity contribution in [3.63, 3.8) is 0 Å². The van der Waals surface area contributed by atoms with Gasteiger partial charge >= 0.3 is 0 Å². The van der Waals surface area contributed by atoms with Crippen LogP contribution in [0.25, 0.3) is 0 Å².